The summed E-state index contributed by atoms with van der Waals surface area (Å²) in [5.41, 5.74) is 4.04. The third-order valence-corrected chi connectivity index (χ3v) is 5.34. The molecule has 5 rings (SSSR count). The number of carbonyl (C=O) groups excluding carboxylic acids is 1. The molecule has 0 spiro atoms. The molecule has 0 bridgehead atoms. The molecule has 8 nitrogen and oxygen atoms in total. The highest BCUT2D eigenvalue weighted by molar-refractivity contribution is 6.36. The Morgan fingerprint density at radius 1 is 0.848 bits per heavy atom. The van der Waals surface area contributed by atoms with Crippen molar-refractivity contribution in [2.75, 3.05) is 10.6 Å². The lowest BCUT2D eigenvalue weighted by Crippen LogP contribution is -2.19. The first-order valence-electron chi connectivity index (χ1n) is 9.83. The van der Waals surface area contributed by atoms with E-state index in [0.29, 0.717) is 38.6 Å². The van der Waals surface area contributed by atoms with Crippen LogP contribution in [0.1, 0.15) is 0 Å². The number of pyridine rings is 1. The topological polar surface area (TPSA) is 97.1 Å². The first-order chi connectivity index (χ1) is 16.1. The molecule has 0 saturated heterocycles. The smallest absolute Gasteiger partial charge is 0.308 e. The Bertz CT molecular complexity index is 1470. The molecule has 2 aromatic carbocycles. The van der Waals surface area contributed by atoms with E-state index in [0.717, 1.165) is 11.1 Å². The van der Waals surface area contributed by atoms with E-state index < -0.39 is 6.03 Å². The predicted molar refractivity (Wildman–Crippen MR) is 129 cm³/mol. The number of rotatable bonds is 4. The van der Waals surface area contributed by atoms with Crippen LogP contribution in [0.4, 0.5) is 16.2 Å². The zero-order chi connectivity index (χ0) is 22.8. The van der Waals surface area contributed by atoms with Crippen LogP contribution in [0.5, 0.6) is 0 Å². The van der Waals surface area contributed by atoms with Gasteiger partial charge in [0.2, 0.25) is 0 Å². The van der Waals surface area contributed by atoms with E-state index in [2.05, 4.69) is 25.8 Å². The molecule has 33 heavy (non-hydrogen) atoms. The minimum absolute atomic E-state index is 0.350. The maximum absolute atomic E-state index is 12.5. The van der Waals surface area contributed by atoms with Crippen molar-refractivity contribution in [2.24, 2.45) is 0 Å². The van der Waals surface area contributed by atoms with E-state index >= 15 is 0 Å². The fourth-order valence-corrected chi connectivity index (χ4v) is 3.71. The summed E-state index contributed by atoms with van der Waals surface area (Å²) in [5, 5.41) is 19.5. The summed E-state index contributed by atoms with van der Waals surface area (Å²) in [6.45, 7) is 0. The van der Waals surface area contributed by atoms with Crippen molar-refractivity contribution in [1.29, 1.82) is 0 Å². The van der Waals surface area contributed by atoms with E-state index in [9.17, 15) is 4.79 Å². The van der Waals surface area contributed by atoms with Crippen LogP contribution < -0.4 is 10.6 Å². The molecule has 3 heterocycles. The van der Waals surface area contributed by atoms with Gasteiger partial charge in [0.05, 0.1) is 16.4 Å². The van der Waals surface area contributed by atoms with E-state index in [4.69, 9.17) is 28.3 Å². The number of hydrogen-bond acceptors (Lipinski definition) is 5. The van der Waals surface area contributed by atoms with Crippen LogP contribution in [0, 0.1) is 0 Å². The molecule has 0 aliphatic carbocycles. The number of halogens is 2. The maximum Gasteiger partial charge on any atom is 0.323 e. The summed E-state index contributed by atoms with van der Waals surface area (Å²) >= 11 is 12.0. The second-order valence-electron chi connectivity index (χ2n) is 7.03. The largest absolute Gasteiger partial charge is 0.323 e. The summed E-state index contributed by atoms with van der Waals surface area (Å²) in [6, 6.07) is 19.2. The van der Waals surface area contributed by atoms with Gasteiger partial charge in [-0.2, -0.15) is 9.61 Å². The number of hydrogen-bond donors (Lipinski definition) is 2. The number of aromatic nitrogens is 5. The minimum atomic E-state index is -0.432. The van der Waals surface area contributed by atoms with E-state index in [1.54, 1.807) is 41.2 Å². The summed E-state index contributed by atoms with van der Waals surface area (Å²) in [5.74, 6) is 0.614. The van der Waals surface area contributed by atoms with E-state index in [1.165, 1.54) is 0 Å². The van der Waals surface area contributed by atoms with Crippen molar-refractivity contribution in [1.82, 2.24) is 24.8 Å². The van der Waals surface area contributed by atoms with Crippen LogP contribution in [0.3, 0.4) is 0 Å². The highest BCUT2D eigenvalue weighted by Crippen LogP contribution is 2.26. The Morgan fingerprint density at radius 3 is 2.52 bits per heavy atom. The first kappa shape index (κ1) is 20.9. The maximum atomic E-state index is 12.5. The Morgan fingerprint density at radius 2 is 1.70 bits per heavy atom. The van der Waals surface area contributed by atoms with Gasteiger partial charge in [-0.3, -0.25) is 4.98 Å². The molecular formula is C23H15Cl2N7O. The van der Waals surface area contributed by atoms with E-state index in [-0.39, 0.29) is 0 Å². The molecular weight excluding hydrogens is 461 g/mol. The second-order valence-corrected chi connectivity index (χ2v) is 7.88. The Balaban J connectivity index is 1.40. The van der Waals surface area contributed by atoms with Gasteiger partial charge >= 0.3 is 6.03 Å². The third kappa shape index (κ3) is 4.48. The van der Waals surface area contributed by atoms with Gasteiger partial charge in [-0.1, -0.05) is 35.3 Å². The van der Waals surface area contributed by atoms with Crippen LogP contribution in [-0.4, -0.2) is 30.8 Å². The highest BCUT2D eigenvalue weighted by Gasteiger charge is 2.12. The molecule has 5 aromatic rings. The number of nitrogens with one attached hydrogen (secondary N) is 2. The number of nitrogens with zero attached hydrogens (tertiary/aromatic N) is 5. The number of urea groups is 1. The SMILES string of the molecule is O=C(Nc1cccc(-c2ccc3nnc(-c4ccncc4)n3n2)c1)Nc1ccc(Cl)cc1Cl. The number of amides is 2. The molecule has 0 atom stereocenters. The van der Waals surface area contributed by atoms with Crippen molar-refractivity contribution in [3.05, 3.63) is 89.2 Å². The lowest BCUT2D eigenvalue weighted by Gasteiger charge is -2.10. The van der Waals surface area contributed by atoms with Crippen molar-refractivity contribution in [3.8, 4) is 22.6 Å². The van der Waals surface area contributed by atoms with Gasteiger partial charge in [0.1, 0.15) is 0 Å². The number of anilines is 2. The fourth-order valence-electron chi connectivity index (χ4n) is 3.26. The molecule has 0 fully saturated rings. The fraction of sp³-hybridized carbons (Fsp3) is 0. The molecule has 3 aromatic heterocycles. The highest BCUT2D eigenvalue weighted by atomic mass is 35.5. The number of benzene rings is 2. The summed E-state index contributed by atoms with van der Waals surface area (Å²) in [7, 11) is 0. The minimum Gasteiger partial charge on any atom is -0.308 e. The molecule has 0 aliphatic heterocycles. The molecule has 0 aliphatic rings. The Hall–Kier alpha value is -4.01. The van der Waals surface area contributed by atoms with Crippen molar-refractivity contribution in [2.45, 2.75) is 0 Å². The zero-order valence-electron chi connectivity index (χ0n) is 16.9. The summed E-state index contributed by atoms with van der Waals surface area (Å²) < 4.78 is 1.68. The third-order valence-electron chi connectivity index (χ3n) is 4.80. The molecule has 0 saturated carbocycles. The van der Waals surface area contributed by atoms with Crippen LogP contribution in [0.25, 0.3) is 28.3 Å². The van der Waals surface area contributed by atoms with Gasteiger partial charge in [0.25, 0.3) is 0 Å². The lowest BCUT2D eigenvalue weighted by molar-refractivity contribution is 0.262. The van der Waals surface area contributed by atoms with Crippen LogP contribution in [0.2, 0.25) is 10.0 Å². The van der Waals surface area contributed by atoms with Gasteiger partial charge in [-0.15, -0.1) is 10.2 Å². The number of carbonyl (C=O) groups is 1. The summed E-state index contributed by atoms with van der Waals surface area (Å²) in [4.78, 5) is 16.5. The standard InChI is InChI=1S/C23H15Cl2N7O/c24-16-4-5-20(18(25)13-16)28-23(33)27-17-3-1-2-15(12-17)19-6-7-21-29-30-22(32(21)31-19)14-8-10-26-11-9-14/h1-13H,(H2,27,28,33). The summed E-state index contributed by atoms with van der Waals surface area (Å²) in [6.07, 6.45) is 3.38. The Labute approximate surface area is 198 Å². The first-order valence-corrected chi connectivity index (χ1v) is 10.6. The van der Waals surface area contributed by atoms with Crippen molar-refractivity contribution >= 4 is 46.3 Å². The molecule has 0 radical (unpaired) electrons. The molecule has 10 heteroatoms. The van der Waals surface area contributed by atoms with Crippen LogP contribution >= 0.6 is 23.2 Å². The van der Waals surface area contributed by atoms with E-state index in [1.807, 2.05) is 42.5 Å². The quantitative estimate of drug-likeness (QED) is 0.342. The van der Waals surface area contributed by atoms with Crippen LogP contribution in [0.15, 0.2) is 79.1 Å². The van der Waals surface area contributed by atoms with Gasteiger partial charge in [-0.05, 0) is 54.6 Å². The van der Waals surface area contributed by atoms with Gasteiger partial charge in [-0.25, -0.2) is 4.79 Å². The average Bonchev–Trinajstić information content (AvgIpc) is 3.25. The average molecular weight is 476 g/mol. The van der Waals surface area contributed by atoms with Gasteiger partial charge in [0.15, 0.2) is 11.5 Å². The monoisotopic (exact) mass is 475 g/mol. The normalized spacial score (nSPS) is 10.8. The molecule has 162 valence electrons. The van der Waals surface area contributed by atoms with Gasteiger partial charge in [0, 0.05) is 34.2 Å². The Kier molecular flexibility index (Phi) is 5.60. The lowest BCUT2D eigenvalue weighted by atomic mass is 10.1. The molecule has 2 amide bonds. The van der Waals surface area contributed by atoms with Crippen molar-refractivity contribution < 1.29 is 4.79 Å². The number of fused-ring (bicyclic) bond motifs is 1. The van der Waals surface area contributed by atoms with Crippen molar-refractivity contribution in [3.63, 3.8) is 0 Å². The zero-order valence-corrected chi connectivity index (χ0v) is 18.4. The second kappa shape index (κ2) is 8.85. The molecule has 0 unspecified atom stereocenters. The molecule has 2 N–H and O–H groups in total. The predicted octanol–water partition coefficient (Wildman–Crippen LogP) is 5.80. The van der Waals surface area contributed by atoms with Crippen LogP contribution in [-0.2, 0) is 0 Å². The van der Waals surface area contributed by atoms with Gasteiger partial charge < -0.3 is 10.6 Å².